The molecular weight excluding hydrogens is 230 g/mol. The Morgan fingerprint density at radius 3 is 2.62 bits per heavy atom. The zero-order chi connectivity index (χ0) is 10.3. The minimum absolute atomic E-state index is 0.759. The van der Waals surface area contributed by atoms with Crippen LogP contribution in [0.25, 0.3) is 0 Å². The van der Waals surface area contributed by atoms with E-state index in [-0.39, 0.29) is 0 Å². The Morgan fingerprint density at radius 1 is 1.54 bits per heavy atom. The lowest BCUT2D eigenvalue weighted by Crippen LogP contribution is -2.20. The Balaban J connectivity index is 4.08. The van der Waals surface area contributed by atoms with Crippen LogP contribution in [0.4, 0.5) is 0 Å². The SMILES string of the molecule is CC=C(Br)C=C(C)N(C)CCOC. The van der Waals surface area contributed by atoms with Gasteiger partial charge in [-0.25, -0.2) is 0 Å². The maximum absolute atomic E-state index is 5.00. The first kappa shape index (κ1) is 12.7. The van der Waals surface area contributed by atoms with E-state index >= 15 is 0 Å². The Kier molecular flexibility index (Phi) is 7.00. The number of rotatable bonds is 5. The maximum Gasteiger partial charge on any atom is 0.0637 e. The molecule has 2 nitrogen and oxygen atoms in total. The molecule has 0 saturated carbocycles. The lowest BCUT2D eigenvalue weighted by Gasteiger charge is -2.19. The molecule has 0 N–H and O–H groups in total. The number of hydrogen-bond acceptors (Lipinski definition) is 2. The van der Waals surface area contributed by atoms with E-state index in [1.165, 1.54) is 5.70 Å². The van der Waals surface area contributed by atoms with Gasteiger partial charge in [0.15, 0.2) is 0 Å². The van der Waals surface area contributed by atoms with Crippen LogP contribution in [0.2, 0.25) is 0 Å². The average Bonchev–Trinajstić information content (AvgIpc) is 2.13. The topological polar surface area (TPSA) is 12.5 Å². The summed E-state index contributed by atoms with van der Waals surface area (Å²) in [5.41, 5.74) is 1.22. The Hall–Kier alpha value is -0.280. The summed E-state index contributed by atoms with van der Waals surface area (Å²) in [5, 5.41) is 0. The first-order chi connectivity index (χ1) is 6.11. The first-order valence-corrected chi connectivity index (χ1v) is 5.11. The molecule has 0 heterocycles. The van der Waals surface area contributed by atoms with E-state index in [0.29, 0.717) is 0 Å². The monoisotopic (exact) mass is 247 g/mol. The van der Waals surface area contributed by atoms with E-state index in [9.17, 15) is 0 Å². The molecule has 0 radical (unpaired) electrons. The molecule has 0 aromatic rings. The number of hydrogen-bond donors (Lipinski definition) is 0. The summed E-state index contributed by atoms with van der Waals surface area (Å²) in [7, 11) is 3.77. The second-order valence-corrected chi connectivity index (χ2v) is 3.79. The van der Waals surface area contributed by atoms with Crippen LogP contribution >= 0.6 is 15.9 Å². The van der Waals surface area contributed by atoms with Crippen molar-refractivity contribution in [3.63, 3.8) is 0 Å². The number of halogens is 1. The Bertz CT molecular complexity index is 199. The molecule has 0 unspecified atom stereocenters. The lowest BCUT2D eigenvalue weighted by atomic mass is 10.3. The average molecular weight is 248 g/mol. The van der Waals surface area contributed by atoms with Crippen molar-refractivity contribution < 1.29 is 4.74 Å². The smallest absolute Gasteiger partial charge is 0.0637 e. The van der Waals surface area contributed by atoms with E-state index in [1.54, 1.807) is 7.11 Å². The third-order valence-electron chi connectivity index (χ3n) is 1.86. The predicted molar refractivity (Wildman–Crippen MR) is 60.9 cm³/mol. The van der Waals surface area contributed by atoms with E-state index in [4.69, 9.17) is 4.74 Å². The molecule has 0 aliphatic rings. The number of likely N-dealkylation sites (N-methyl/N-ethyl adjacent to an activating group) is 1. The molecule has 0 atom stereocenters. The highest BCUT2D eigenvalue weighted by molar-refractivity contribution is 9.11. The van der Waals surface area contributed by atoms with Gasteiger partial charge < -0.3 is 9.64 Å². The highest BCUT2D eigenvalue weighted by Gasteiger charge is 1.97. The van der Waals surface area contributed by atoms with Gasteiger partial charge in [-0.1, -0.05) is 22.0 Å². The summed E-state index contributed by atoms with van der Waals surface area (Å²) in [6.45, 7) is 5.77. The summed E-state index contributed by atoms with van der Waals surface area (Å²) in [6, 6.07) is 0. The zero-order valence-electron chi connectivity index (χ0n) is 8.80. The van der Waals surface area contributed by atoms with Crippen molar-refractivity contribution >= 4 is 15.9 Å². The van der Waals surface area contributed by atoms with E-state index in [0.717, 1.165) is 17.6 Å². The molecule has 3 heteroatoms. The molecular formula is C10H18BrNO. The fraction of sp³-hybridized carbons (Fsp3) is 0.600. The van der Waals surface area contributed by atoms with Crippen LogP contribution in [-0.4, -0.2) is 32.2 Å². The van der Waals surface area contributed by atoms with Crippen LogP contribution in [0.1, 0.15) is 13.8 Å². The van der Waals surface area contributed by atoms with Gasteiger partial charge in [-0.15, -0.1) is 0 Å². The molecule has 0 aliphatic heterocycles. The zero-order valence-corrected chi connectivity index (χ0v) is 10.4. The van der Waals surface area contributed by atoms with Crippen LogP contribution in [0.3, 0.4) is 0 Å². The summed E-state index contributed by atoms with van der Waals surface area (Å²) in [6.07, 6.45) is 4.11. The van der Waals surface area contributed by atoms with Crippen molar-refractivity contribution in [2.75, 3.05) is 27.3 Å². The minimum Gasteiger partial charge on any atom is -0.383 e. The molecule has 0 fully saturated rings. The van der Waals surface area contributed by atoms with Crippen molar-refractivity contribution in [3.05, 3.63) is 22.3 Å². The van der Waals surface area contributed by atoms with E-state index < -0.39 is 0 Å². The lowest BCUT2D eigenvalue weighted by molar-refractivity contribution is 0.174. The Labute approximate surface area is 89.4 Å². The van der Waals surface area contributed by atoms with Crippen molar-refractivity contribution in [1.29, 1.82) is 0 Å². The molecule has 13 heavy (non-hydrogen) atoms. The van der Waals surface area contributed by atoms with Gasteiger partial charge >= 0.3 is 0 Å². The summed E-state index contributed by atoms with van der Waals surface area (Å²) < 4.78 is 6.10. The molecule has 0 aromatic carbocycles. The van der Waals surface area contributed by atoms with Crippen LogP contribution in [0, 0.1) is 0 Å². The van der Waals surface area contributed by atoms with Crippen LogP contribution in [0.15, 0.2) is 22.3 Å². The standard InChI is InChI=1S/C10H18BrNO/c1-5-10(11)8-9(2)12(3)6-7-13-4/h5,8H,6-7H2,1-4H3. The first-order valence-electron chi connectivity index (χ1n) is 4.32. The van der Waals surface area contributed by atoms with Crippen LogP contribution < -0.4 is 0 Å². The molecule has 0 spiro atoms. The van der Waals surface area contributed by atoms with Gasteiger partial charge in [-0.3, -0.25) is 0 Å². The number of methoxy groups -OCH3 is 1. The van der Waals surface area contributed by atoms with E-state index in [1.807, 2.05) is 13.0 Å². The number of ether oxygens (including phenoxy) is 1. The second-order valence-electron chi connectivity index (χ2n) is 2.87. The molecule has 0 aliphatic carbocycles. The van der Waals surface area contributed by atoms with Gasteiger partial charge in [-0.05, 0) is 19.9 Å². The van der Waals surface area contributed by atoms with Gasteiger partial charge in [0.2, 0.25) is 0 Å². The summed E-state index contributed by atoms with van der Waals surface area (Å²) >= 11 is 3.44. The van der Waals surface area contributed by atoms with Crippen molar-refractivity contribution in [2.45, 2.75) is 13.8 Å². The predicted octanol–water partition coefficient (Wildman–Crippen LogP) is 2.77. The molecule has 76 valence electrons. The molecule has 0 bridgehead atoms. The van der Waals surface area contributed by atoms with Crippen molar-refractivity contribution in [1.82, 2.24) is 4.90 Å². The number of nitrogens with zero attached hydrogens (tertiary/aromatic N) is 1. The van der Waals surface area contributed by atoms with E-state index in [2.05, 4.69) is 40.9 Å². The molecule has 0 amide bonds. The van der Waals surface area contributed by atoms with Crippen molar-refractivity contribution in [2.24, 2.45) is 0 Å². The molecule has 0 rings (SSSR count). The van der Waals surface area contributed by atoms with Crippen molar-refractivity contribution in [3.8, 4) is 0 Å². The highest BCUT2D eigenvalue weighted by Crippen LogP contribution is 2.11. The molecule has 0 saturated heterocycles. The Morgan fingerprint density at radius 2 is 2.15 bits per heavy atom. The molecule has 0 aromatic heterocycles. The van der Waals surface area contributed by atoms with Gasteiger partial charge in [0.1, 0.15) is 0 Å². The highest BCUT2D eigenvalue weighted by atomic mass is 79.9. The largest absolute Gasteiger partial charge is 0.383 e. The fourth-order valence-electron chi connectivity index (χ4n) is 0.798. The fourth-order valence-corrected chi connectivity index (χ4v) is 1.13. The van der Waals surface area contributed by atoms with Crippen LogP contribution in [-0.2, 0) is 4.74 Å². The third kappa shape index (κ3) is 5.88. The maximum atomic E-state index is 5.00. The van der Waals surface area contributed by atoms with Gasteiger partial charge in [0, 0.05) is 30.9 Å². The van der Waals surface area contributed by atoms with Gasteiger partial charge in [-0.2, -0.15) is 0 Å². The summed E-state index contributed by atoms with van der Waals surface area (Å²) in [5.74, 6) is 0. The summed E-state index contributed by atoms with van der Waals surface area (Å²) in [4.78, 5) is 2.16. The third-order valence-corrected chi connectivity index (χ3v) is 2.54. The quantitative estimate of drug-likeness (QED) is 0.693. The number of allylic oxidation sites excluding steroid dienone is 4. The van der Waals surface area contributed by atoms with Gasteiger partial charge in [0.05, 0.1) is 6.61 Å². The minimum atomic E-state index is 0.759. The van der Waals surface area contributed by atoms with Gasteiger partial charge in [0.25, 0.3) is 0 Å². The normalized spacial score (nSPS) is 13.3. The second kappa shape index (κ2) is 7.15. The van der Waals surface area contributed by atoms with Crippen LogP contribution in [0.5, 0.6) is 0 Å².